The Balaban J connectivity index is 1.60. The zero-order valence-corrected chi connectivity index (χ0v) is 12.8. The first-order chi connectivity index (χ1) is 11.2. The molecule has 0 aliphatic carbocycles. The number of hydrogen-bond donors (Lipinski definition) is 0. The van der Waals surface area contributed by atoms with Crippen LogP contribution in [0, 0.1) is 0 Å². The van der Waals surface area contributed by atoms with Gasteiger partial charge in [0.15, 0.2) is 5.69 Å². The van der Waals surface area contributed by atoms with Crippen LogP contribution >= 0.6 is 11.6 Å². The second-order valence-corrected chi connectivity index (χ2v) is 5.14. The van der Waals surface area contributed by atoms with E-state index in [4.69, 9.17) is 16.3 Å². The van der Waals surface area contributed by atoms with Crippen molar-refractivity contribution in [3.05, 3.63) is 71.5 Å². The Bertz CT molecular complexity index is 805. The minimum absolute atomic E-state index is 0.224. The molecule has 3 aromatic rings. The Morgan fingerprint density at radius 3 is 2.96 bits per heavy atom. The molecule has 0 unspecified atom stereocenters. The third kappa shape index (κ3) is 3.92. The largest absolute Gasteiger partial charge is 0.461 e. The summed E-state index contributed by atoms with van der Waals surface area (Å²) in [4.78, 5) is 20.1. The van der Waals surface area contributed by atoms with Gasteiger partial charge in [-0.2, -0.15) is 5.10 Å². The van der Waals surface area contributed by atoms with E-state index in [1.807, 2.05) is 12.1 Å². The highest BCUT2D eigenvalue weighted by atomic mass is 35.5. The van der Waals surface area contributed by atoms with Crippen LogP contribution in [0.4, 0.5) is 0 Å². The molecule has 0 fully saturated rings. The average Bonchev–Trinajstić information content (AvgIpc) is 3.06. The fraction of sp³-hybridized carbons (Fsp3) is 0.125. The topological polar surface area (TPSA) is 69.9 Å². The van der Waals surface area contributed by atoms with Crippen LogP contribution in [0.2, 0.25) is 5.02 Å². The highest BCUT2D eigenvalue weighted by molar-refractivity contribution is 6.30. The van der Waals surface area contributed by atoms with Gasteiger partial charge in [-0.1, -0.05) is 17.7 Å². The molecule has 3 rings (SSSR count). The molecule has 0 radical (unpaired) electrons. The zero-order chi connectivity index (χ0) is 16.1. The first kappa shape index (κ1) is 15.2. The van der Waals surface area contributed by atoms with Crippen LogP contribution in [-0.4, -0.2) is 32.3 Å². The fourth-order valence-corrected chi connectivity index (χ4v) is 2.16. The van der Waals surface area contributed by atoms with Crippen LogP contribution in [0.15, 0.2) is 55.1 Å². The lowest BCUT2D eigenvalue weighted by Gasteiger charge is -2.03. The minimum Gasteiger partial charge on any atom is -0.461 e. The van der Waals surface area contributed by atoms with Crippen LogP contribution in [0.5, 0.6) is 0 Å². The number of carbonyl (C=O) groups is 1. The lowest BCUT2D eigenvalue weighted by atomic mass is 10.3. The van der Waals surface area contributed by atoms with Gasteiger partial charge in [-0.25, -0.2) is 9.48 Å². The van der Waals surface area contributed by atoms with Gasteiger partial charge in [0.1, 0.15) is 0 Å². The van der Waals surface area contributed by atoms with Crippen molar-refractivity contribution in [2.75, 3.05) is 6.61 Å². The summed E-state index contributed by atoms with van der Waals surface area (Å²) in [5, 5.41) is 4.81. The highest BCUT2D eigenvalue weighted by Crippen LogP contribution is 2.14. The molecule has 2 heterocycles. The van der Waals surface area contributed by atoms with Crippen molar-refractivity contribution in [1.29, 1.82) is 0 Å². The van der Waals surface area contributed by atoms with E-state index in [1.165, 1.54) is 0 Å². The van der Waals surface area contributed by atoms with Gasteiger partial charge in [0.25, 0.3) is 0 Å². The molecule has 0 atom stereocenters. The third-order valence-corrected chi connectivity index (χ3v) is 3.31. The number of halogens is 1. The predicted molar refractivity (Wildman–Crippen MR) is 84.6 cm³/mol. The van der Waals surface area contributed by atoms with E-state index < -0.39 is 5.97 Å². The number of carbonyl (C=O) groups excluding carboxylic acids is 1. The lowest BCUT2D eigenvalue weighted by molar-refractivity contribution is 0.0501. The lowest BCUT2D eigenvalue weighted by Crippen LogP contribution is -2.10. The van der Waals surface area contributed by atoms with E-state index >= 15 is 0 Å². The van der Waals surface area contributed by atoms with Crippen molar-refractivity contribution in [3.63, 3.8) is 0 Å². The Hall–Kier alpha value is -2.73. The maximum atomic E-state index is 12.0. The Morgan fingerprint density at radius 1 is 1.26 bits per heavy atom. The molecule has 0 aliphatic rings. The van der Waals surface area contributed by atoms with Gasteiger partial charge in [-0.15, -0.1) is 0 Å². The van der Waals surface area contributed by atoms with Crippen LogP contribution < -0.4 is 0 Å². The number of aromatic nitrogens is 4. The summed E-state index contributed by atoms with van der Waals surface area (Å²) in [6.07, 6.45) is 7.03. The van der Waals surface area contributed by atoms with E-state index in [0.717, 1.165) is 11.4 Å². The normalized spacial score (nSPS) is 10.5. The fourth-order valence-electron chi connectivity index (χ4n) is 1.98. The summed E-state index contributed by atoms with van der Waals surface area (Å²) in [6.45, 7) is 0.224. The summed E-state index contributed by atoms with van der Waals surface area (Å²) >= 11 is 5.95. The summed E-state index contributed by atoms with van der Waals surface area (Å²) < 4.78 is 6.77. The van der Waals surface area contributed by atoms with Gasteiger partial charge < -0.3 is 4.74 Å². The number of nitrogens with zero attached hydrogens (tertiary/aromatic N) is 4. The molecule has 23 heavy (non-hydrogen) atoms. The first-order valence-corrected chi connectivity index (χ1v) is 7.34. The molecule has 1 aromatic carbocycles. The average molecular weight is 329 g/mol. The standard InChI is InChI=1S/C16H13ClN4O2/c17-12-2-1-3-14(10-12)21-8-4-15(20-21)16(22)23-9-5-13-11-18-6-7-19-13/h1-4,6-8,10-11H,5,9H2. The van der Waals surface area contributed by atoms with Crippen molar-refractivity contribution >= 4 is 17.6 Å². The Labute approximate surface area is 137 Å². The van der Waals surface area contributed by atoms with Gasteiger partial charge in [0.05, 0.1) is 18.0 Å². The van der Waals surface area contributed by atoms with E-state index in [0.29, 0.717) is 11.4 Å². The summed E-state index contributed by atoms with van der Waals surface area (Å²) in [6, 6.07) is 8.81. The molecular weight excluding hydrogens is 316 g/mol. The van der Waals surface area contributed by atoms with Crippen LogP contribution in [0.25, 0.3) is 5.69 Å². The van der Waals surface area contributed by atoms with Gasteiger partial charge in [-0.3, -0.25) is 9.97 Å². The highest BCUT2D eigenvalue weighted by Gasteiger charge is 2.12. The molecule has 0 amide bonds. The van der Waals surface area contributed by atoms with Crippen molar-refractivity contribution in [3.8, 4) is 5.69 Å². The van der Waals surface area contributed by atoms with Crippen molar-refractivity contribution in [2.45, 2.75) is 6.42 Å². The summed E-state index contributed by atoms with van der Waals surface area (Å²) in [7, 11) is 0. The van der Waals surface area contributed by atoms with Gasteiger partial charge >= 0.3 is 5.97 Å². The molecule has 0 bridgehead atoms. The van der Waals surface area contributed by atoms with Gasteiger partial charge in [0, 0.05) is 36.2 Å². The van der Waals surface area contributed by atoms with Crippen molar-refractivity contribution in [1.82, 2.24) is 19.7 Å². The Morgan fingerprint density at radius 2 is 2.17 bits per heavy atom. The van der Waals surface area contributed by atoms with Crippen molar-refractivity contribution < 1.29 is 9.53 Å². The van der Waals surface area contributed by atoms with Crippen molar-refractivity contribution in [2.24, 2.45) is 0 Å². The van der Waals surface area contributed by atoms with E-state index in [-0.39, 0.29) is 12.3 Å². The molecule has 6 nitrogen and oxygen atoms in total. The summed E-state index contributed by atoms with van der Waals surface area (Å²) in [5.41, 5.74) is 1.78. The second-order valence-electron chi connectivity index (χ2n) is 4.71. The second kappa shape index (κ2) is 7.02. The van der Waals surface area contributed by atoms with E-state index in [1.54, 1.807) is 47.7 Å². The molecule has 0 saturated carbocycles. The number of ether oxygens (including phenoxy) is 1. The molecule has 0 spiro atoms. The van der Waals surface area contributed by atoms with E-state index in [2.05, 4.69) is 15.1 Å². The zero-order valence-electron chi connectivity index (χ0n) is 12.1. The maximum absolute atomic E-state index is 12.0. The van der Waals surface area contributed by atoms with Crippen LogP contribution in [-0.2, 0) is 11.2 Å². The van der Waals surface area contributed by atoms with Crippen LogP contribution in [0.3, 0.4) is 0 Å². The SMILES string of the molecule is O=C(OCCc1cnccn1)c1ccn(-c2cccc(Cl)c2)n1. The third-order valence-electron chi connectivity index (χ3n) is 3.08. The number of rotatable bonds is 5. The van der Waals surface area contributed by atoms with Gasteiger partial charge in [-0.05, 0) is 24.3 Å². The smallest absolute Gasteiger partial charge is 0.358 e. The molecule has 0 saturated heterocycles. The Kier molecular flexibility index (Phi) is 4.63. The molecule has 2 aromatic heterocycles. The summed E-state index contributed by atoms with van der Waals surface area (Å²) in [5.74, 6) is -0.477. The van der Waals surface area contributed by atoms with E-state index in [9.17, 15) is 4.79 Å². The van der Waals surface area contributed by atoms with Gasteiger partial charge in [0.2, 0.25) is 0 Å². The minimum atomic E-state index is -0.477. The first-order valence-electron chi connectivity index (χ1n) is 6.96. The number of esters is 1. The number of hydrogen-bond acceptors (Lipinski definition) is 5. The molecule has 7 heteroatoms. The maximum Gasteiger partial charge on any atom is 0.358 e. The molecule has 0 aliphatic heterocycles. The monoisotopic (exact) mass is 328 g/mol. The quantitative estimate of drug-likeness (QED) is 0.673. The molecule has 116 valence electrons. The molecule has 0 N–H and O–H groups in total. The predicted octanol–water partition coefficient (Wildman–Crippen LogP) is 2.72. The molecular formula is C16H13ClN4O2. The van der Waals surface area contributed by atoms with Crippen LogP contribution in [0.1, 0.15) is 16.2 Å². The number of benzene rings is 1.